The summed E-state index contributed by atoms with van der Waals surface area (Å²) in [4.78, 5) is 32.7. The Hall–Kier alpha value is -4.38. The van der Waals surface area contributed by atoms with E-state index in [-0.39, 0.29) is 11.6 Å². The third kappa shape index (κ3) is 6.91. The molecule has 0 atom stereocenters. The van der Waals surface area contributed by atoms with Crippen molar-refractivity contribution in [2.24, 2.45) is 0 Å². The van der Waals surface area contributed by atoms with Crippen LogP contribution in [0.3, 0.4) is 0 Å². The van der Waals surface area contributed by atoms with Crippen LogP contribution < -0.4 is 10.6 Å². The number of pyridine rings is 2. The van der Waals surface area contributed by atoms with Crippen molar-refractivity contribution in [1.29, 1.82) is 0 Å². The Morgan fingerprint density at radius 2 is 1.86 bits per heavy atom. The fourth-order valence-corrected chi connectivity index (χ4v) is 5.20. The number of benzene rings is 1. The van der Waals surface area contributed by atoms with Gasteiger partial charge in [-0.2, -0.15) is 13.2 Å². The number of aromatic nitrogens is 4. The monoisotopic (exact) mass is 575 g/mol. The van der Waals surface area contributed by atoms with Gasteiger partial charge in [0.05, 0.1) is 40.1 Å². The third-order valence-corrected chi connectivity index (χ3v) is 7.40. The molecule has 1 amide bonds. The average molecular weight is 576 g/mol. The summed E-state index contributed by atoms with van der Waals surface area (Å²) in [5, 5.41) is 5.67. The Bertz CT molecular complexity index is 1540. The minimum atomic E-state index is -4.68. The number of carbonyl (C=O) groups excluding carboxylic acids is 1. The fraction of sp³-hybridized carbons (Fsp3) is 0.323. The summed E-state index contributed by atoms with van der Waals surface area (Å²) in [6.45, 7) is 6.59. The summed E-state index contributed by atoms with van der Waals surface area (Å²) in [5.74, 6) is -0.539. The third-order valence-electron chi connectivity index (χ3n) is 7.40. The molecule has 1 fully saturated rings. The van der Waals surface area contributed by atoms with Crippen LogP contribution in [0, 0.1) is 6.92 Å². The van der Waals surface area contributed by atoms with Gasteiger partial charge in [0.15, 0.2) is 0 Å². The second-order valence-corrected chi connectivity index (χ2v) is 10.4. The van der Waals surface area contributed by atoms with Crippen molar-refractivity contribution in [2.75, 3.05) is 30.3 Å². The van der Waals surface area contributed by atoms with Gasteiger partial charge >= 0.3 is 6.18 Å². The Labute approximate surface area is 242 Å². The number of amides is 1. The maximum atomic E-state index is 14.1. The molecule has 1 aliphatic heterocycles. The molecule has 3 aromatic heterocycles. The molecule has 4 aromatic rings. The zero-order chi connectivity index (χ0) is 29.7. The van der Waals surface area contributed by atoms with Gasteiger partial charge in [-0.15, -0.1) is 0 Å². The number of hydrogen-bond acceptors (Lipinski definition) is 7. The standard InChI is InChI=1S/C31H32F3N7O/c1-3-13-41-14-9-21(10-15-41)22-6-7-25(26(16-22)31(32,33)34)29(42)38-24-17-28(20(2)37-19-24)40-30-36-12-8-27(39-30)23-5-4-11-35-18-23/h4-8,11-12,16-19,21H,3,9-10,13-15H2,1-2H3,(H,38,42)(H,36,39,40). The van der Waals surface area contributed by atoms with E-state index in [4.69, 9.17) is 0 Å². The molecule has 8 nitrogen and oxygen atoms in total. The topological polar surface area (TPSA) is 95.9 Å². The van der Waals surface area contributed by atoms with E-state index in [1.165, 1.54) is 12.3 Å². The van der Waals surface area contributed by atoms with E-state index in [0.29, 0.717) is 28.6 Å². The predicted molar refractivity (Wildman–Crippen MR) is 156 cm³/mol. The Balaban J connectivity index is 1.34. The number of rotatable bonds is 8. The van der Waals surface area contributed by atoms with Gasteiger partial charge < -0.3 is 15.5 Å². The zero-order valence-electron chi connectivity index (χ0n) is 23.4. The number of likely N-dealkylation sites (tertiary alicyclic amines) is 1. The smallest absolute Gasteiger partial charge is 0.322 e. The minimum absolute atomic E-state index is 0.0325. The van der Waals surface area contributed by atoms with E-state index in [0.717, 1.165) is 50.5 Å². The van der Waals surface area contributed by atoms with E-state index >= 15 is 0 Å². The molecule has 0 spiro atoms. The Morgan fingerprint density at radius 1 is 1.05 bits per heavy atom. The van der Waals surface area contributed by atoms with Gasteiger partial charge in [0.25, 0.3) is 5.91 Å². The van der Waals surface area contributed by atoms with Crippen molar-refractivity contribution in [1.82, 2.24) is 24.8 Å². The van der Waals surface area contributed by atoms with Crippen LogP contribution in [0.1, 0.15) is 59.3 Å². The molecule has 0 radical (unpaired) electrons. The number of hydrogen-bond donors (Lipinski definition) is 2. The van der Waals surface area contributed by atoms with Crippen molar-refractivity contribution < 1.29 is 18.0 Å². The molecule has 4 heterocycles. The molecule has 11 heteroatoms. The van der Waals surface area contributed by atoms with E-state index in [1.807, 2.05) is 6.07 Å². The highest BCUT2D eigenvalue weighted by Gasteiger charge is 2.36. The molecule has 0 unspecified atom stereocenters. The molecule has 0 aliphatic carbocycles. The molecule has 1 aliphatic rings. The van der Waals surface area contributed by atoms with Gasteiger partial charge in [-0.25, -0.2) is 9.97 Å². The molecular weight excluding hydrogens is 543 g/mol. The molecule has 1 saturated heterocycles. The molecule has 5 rings (SSSR count). The van der Waals surface area contributed by atoms with Gasteiger partial charge in [-0.3, -0.25) is 14.8 Å². The van der Waals surface area contributed by atoms with Crippen molar-refractivity contribution in [2.45, 2.75) is 45.2 Å². The van der Waals surface area contributed by atoms with E-state index in [2.05, 4.69) is 42.4 Å². The van der Waals surface area contributed by atoms with Crippen LogP contribution in [0.4, 0.5) is 30.5 Å². The molecule has 2 N–H and O–H groups in total. The first-order chi connectivity index (χ1) is 20.2. The number of carbonyl (C=O) groups is 1. The van der Waals surface area contributed by atoms with Crippen LogP contribution >= 0.6 is 0 Å². The molecule has 0 saturated carbocycles. The lowest BCUT2D eigenvalue weighted by atomic mass is 9.87. The van der Waals surface area contributed by atoms with Crippen LogP contribution in [0.2, 0.25) is 0 Å². The lowest BCUT2D eigenvalue weighted by molar-refractivity contribution is -0.138. The van der Waals surface area contributed by atoms with Crippen LogP contribution in [0.25, 0.3) is 11.3 Å². The number of anilines is 3. The lowest BCUT2D eigenvalue weighted by Gasteiger charge is -2.32. The number of halogens is 3. The van der Waals surface area contributed by atoms with E-state index in [9.17, 15) is 18.0 Å². The first-order valence-corrected chi connectivity index (χ1v) is 13.9. The molecule has 1 aromatic carbocycles. The van der Waals surface area contributed by atoms with Gasteiger partial charge in [-0.05, 0) is 93.7 Å². The summed E-state index contributed by atoms with van der Waals surface area (Å²) in [5.41, 5.74) is 2.04. The maximum absolute atomic E-state index is 14.1. The molecular formula is C31H32F3N7O. The quantitative estimate of drug-likeness (QED) is 0.237. The van der Waals surface area contributed by atoms with Crippen LogP contribution in [-0.2, 0) is 6.18 Å². The van der Waals surface area contributed by atoms with Crippen LogP contribution in [0.15, 0.2) is 67.3 Å². The van der Waals surface area contributed by atoms with Gasteiger partial charge in [-0.1, -0.05) is 13.0 Å². The van der Waals surface area contributed by atoms with Crippen molar-refractivity contribution in [3.8, 4) is 11.3 Å². The van der Waals surface area contributed by atoms with Gasteiger partial charge in [0, 0.05) is 24.2 Å². The minimum Gasteiger partial charge on any atom is -0.322 e. The number of nitrogens with zero attached hydrogens (tertiary/aromatic N) is 5. The van der Waals surface area contributed by atoms with Crippen LogP contribution in [-0.4, -0.2) is 50.4 Å². The first kappa shape index (κ1) is 29.1. The fourth-order valence-electron chi connectivity index (χ4n) is 5.20. The highest BCUT2D eigenvalue weighted by Crippen LogP contribution is 2.37. The zero-order valence-corrected chi connectivity index (χ0v) is 23.4. The van der Waals surface area contributed by atoms with Gasteiger partial charge in [0.2, 0.25) is 5.95 Å². The second kappa shape index (κ2) is 12.6. The summed E-state index contributed by atoms with van der Waals surface area (Å²) in [6, 6.07) is 11.1. The van der Waals surface area contributed by atoms with Gasteiger partial charge in [0.1, 0.15) is 0 Å². The number of piperidine rings is 1. The Morgan fingerprint density at radius 3 is 2.57 bits per heavy atom. The lowest BCUT2D eigenvalue weighted by Crippen LogP contribution is -2.33. The molecule has 218 valence electrons. The van der Waals surface area contributed by atoms with Crippen LogP contribution in [0.5, 0.6) is 0 Å². The normalized spacial score (nSPS) is 14.5. The molecule has 0 bridgehead atoms. The summed E-state index contributed by atoms with van der Waals surface area (Å²) in [6.07, 6.45) is 4.31. The SMILES string of the molecule is CCCN1CCC(c2ccc(C(=O)Nc3cnc(C)c(Nc4nccc(-c5cccnc5)n4)c3)c(C(F)(F)F)c2)CC1. The number of alkyl halides is 3. The summed E-state index contributed by atoms with van der Waals surface area (Å²) < 4.78 is 42.4. The van der Waals surface area contributed by atoms with Crippen molar-refractivity contribution in [3.63, 3.8) is 0 Å². The largest absolute Gasteiger partial charge is 0.417 e. The van der Waals surface area contributed by atoms with Crippen molar-refractivity contribution in [3.05, 3.63) is 89.6 Å². The number of nitrogens with one attached hydrogen (secondary N) is 2. The van der Waals surface area contributed by atoms with Crippen molar-refractivity contribution >= 4 is 23.2 Å². The highest BCUT2D eigenvalue weighted by atomic mass is 19.4. The molecule has 42 heavy (non-hydrogen) atoms. The first-order valence-electron chi connectivity index (χ1n) is 13.9. The Kier molecular flexibility index (Phi) is 8.77. The number of aryl methyl sites for hydroxylation is 1. The predicted octanol–water partition coefficient (Wildman–Crippen LogP) is 6.85. The second-order valence-electron chi connectivity index (χ2n) is 10.4. The highest BCUT2D eigenvalue weighted by molar-refractivity contribution is 6.05. The van der Waals surface area contributed by atoms with E-state index in [1.54, 1.807) is 49.8 Å². The summed E-state index contributed by atoms with van der Waals surface area (Å²) >= 11 is 0. The average Bonchev–Trinajstić information content (AvgIpc) is 2.99. The van der Waals surface area contributed by atoms with E-state index < -0.39 is 23.2 Å². The maximum Gasteiger partial charge on any atom is 0.417 e. The summed E-state index contributed by atoms with van der Waals surface area (Å²) in [7, 11) is 0.